The van der Waals surface area contributed by atoms with E-state index in [0.29, 0.717) is 6.61 Å². The van der Waals surface area contributed by atoms with Gasteiger partial charge in [0.25, 0.3) is 0 Å². The maximum atomic E-state index is 5.74. The molecule has 0 aliphatic carbocycles. The molecule has 0 saturated heterocycles. The third kappa shape index (κ3) is 10.2. The van der Waals surface area contributed by atoms with Gasteiger partial charge in [0.1, 0.15) is 0 Å². The maximum Gasteiger partial charge on any atom is 0.159 e. The Balaban J connectivity index is 1.65. The molecule has 0 bridgehead atoms. The van der Waals surface area contributed by atoms with E-state index in [-0.39, 0.29) is 0 Å². The van der Waals surface area contributed by atoms with Crippen LogP contribution in [0.25, 0.3) is 11.4 Å². The van der Waals surface area contributed by atoms with Crippen LogP contribution in [0.2, 0.25) is 0 Å². The van der Waals surface area contributed by atoms with Gasteiger partial charge in [0, 0.05) is 18.8 Å². The Kier molecular flexibility index (Phi) is 12.8. The van der Waals surface area contributed by atoms with E-state index in [1.165, 1.54) is 50.5 Å². The van der Waals surface area contributed by atoms with Crippen molar-refractivity contribution in [3.8, 4) is 17.1 Å². The minimum atomic E-state index is 0.697. The number of hydrogen-bond acceptors (Lipinski definition) is 4. The van der Waals surface area contributed by atoms with E-state index < -0.39 is 0 Å². The van der Waals surface area contributed by atoms with Gasteiger partial charge in [0.05, 0.1) is 19.0 Å². The lowest BCUT2D eigenvalue weighted by Gasteiger charge is -2.07. The summed E-state index contributed by atoms with van der Waals surface area (Å²) >= 11 is 0. The lowest BCUT2D eigenvalue weighted by atomic mass is 10.0. The summed E-state index contributed by atoms with van der Waals surface area (Å²) in [5, 5.41) is 0. The van der Waals surface area contributed by atoms with Crippen LogP contribution < -0.4 is 4.74 Å². The largest absolute Gasteiger partial charge is 0.490 e. The average molecular weight is 413 g/mol. The molecular weight excluding hydrogens is 372 g/mol. The minimum absolute atomic E-state index is 0.697. The van der Waals surface area contributed by atoms with E-state index in [2.05, 4.69) is 41.2 Å². The highest BCUT2D eigenvalue weighted by molar-refractivity contribution is 5.55. The number of aryl methyl sites for hydroxylation is 1. The molecule has 4 nitrogen and oxygen atoms in total. The van der Waals surface area contributed by atoms with Crippen molar-refractivity contribution in [2.24, 2.45) is 0 Å². The Hall–Kier alpha value is -1.94. The van der Waals surface area contributed by atoms with Crippen LogP contribution >= 0.6 is 0 Å². The van der Waals surface area contributed by atoms with Crippen molar-refractivity contribution in [3.05, 3.63) is 42.2 Å². The average Bonchev–Trinajstić information content (AvgIpc) is 2.79. The normalized spacial score (nSPS) is 11.0. The number of unbranched alkanes of at least 4 members (excludes halogenated alkanes) is 8. The number of rotatable bonds is 17. The molecule has 2 aromatic rings. The van der Waals surface area contributed by atoms with Crippen LogP contribution in [0.4, 0.5) is 0 Å². The van der Waals surface area contributed by atoms with Crippen LogP contribution in [0, 0.1) is 0 Å². The monoisotopic (exact) mass is 412 g/mol. The Morgan fingerprint density at radius 2 is 1.33 bits per heavy atom. The van der Waals surface area contributed by atoms with E-state index in [9.17, 15) is 0 Å². The zero-order chi connectivity index (χ0) is 21.3. The van der Waals surface area contributed by atoms with Gasteiger partial charge in [0.2, 0.25) is 0 Å². The summed E-state index contributed by atoms with van der Waals surface area (Å²) in [4.78, 5) is 8.95. The molecule has 30 heavy (non-hydrogen) atoms. The highest BCUT2D eigenvalue weighted by Crippen LogP contribution is 2.19. The first-order valence-electron chi connectivity index (χ1n) is 12.0. The van der Waals surface area contributed by atoms with Gasteiger partial charge < -0.3 is 9.47 Å². The first kappa shape index (κ1) is 24.3. The summed E-state index contributed by atoms with van der Waals surface area (Å²) in [5.41, 5.74) is 2.46. The van der Waals surface area contributed by atoms with Gasteiger partial charge in [-0.2, -0.15) is 0 Å². The van der Waals surface area contributed by atoms with Crippen molar-refractivity contribution in [3.63, 3.8) is 0 Å². The zero-order valence-corrected chi connectivity index (χ0v) is 19.1. The molecule has 0 spiro atoms. The topological polar surface area (TPSA) is 44.2 Å². The quantitative estimate of drug-likeness (QED) is 0.262. The molecule has 1 aromatic carbocycles. The Morgan fingerprint density at radius 1 is 0.700 bits per heavy atom. The Bertz CT molecular complexity index is 596. The molecule has 0 unspecified atom stereocenters. The molecule has 2 rings (SSSR count). The van der Waals surface area contributed by atoms with Crippen molar-refractivity contribution in [1.29, 1.82) is 0 Å². The molecule has 0 atom stereocenters. The van der Waals surface area contributed by atoms with Crippen molar-refractivity contribution >= 4 is 0 Å². The second-order valence-corrected chi connectivity index (χ2v) is 7.92. The number of nitrogens with zero attached hydrogens (tertiary/aromatic N) is 2. The molecule has 0 N–H and O–H groups in total. The minimum Gasteiger partial charge on any atom is -0.490 e. The fourth-order valence-electron chi connectivity index (χ4n) is 3.46. The molecular formula is C26H40N2O2. The summed E-state index contributed by atoms with van der Waals surface area (Å²) in [6.45, 7) is 6.62. The summed E-state index contributed by atoms with van der Waals surface area (Å²) in [7, 11) is 0. The summed E-state index contributed by atoms with van der Waals surface area (Å²) in [5.74, 6) is 1.49. The molecule has 166 valence electrons. The molecule has 0 aliphatic rings. The van der Waals surface area contributed by atoms with E-state index in [1.807, 2.05) is 6.92 Å². The fourth-order valence-corrected chi connectivity index (χ4v) is 3.46. The van der Waals surface area contributed by atoms with Crippen LogP contribution in [0.3, 0.4) is 0 Å². The molecule has 0 radical (unpaired) electrons. The molecule has 0 fully saturated rings. The van der Waals surface area contributed by atoms with Gasteiger partial charge in [-0.25, -0.2) is 9.97 Å². The smallest absolute Gasteiger partial charge is 0.159 e. The zero-order valence-electron chi connectivity index (χ0n) is 19.1. The van der Waals surface area contributed by atoms with Crippen molar-refractivity contribution in [2.75, 3.05) is 19.8 Å². The highest BCUT2D eigenvalue weighted by atomic mass is 16.5. The number of aromatic nitrogens is 2. The van der Waals surface area contributed by atoms with Gasteiger partial charge in [-0.3, -0.25) is 0 Å². The van der Waals surface area contributed by atoms with Crippen molar-refractivity contribution < 1.29 is 9.47 Å². The summed E-state index contributed by atoms with van der Waals surface area (Å²) in [6, 6.07) is 8.68. The third-order valence-electron chi connectivity index (χ3n) is 5.32. The molecule has 0 aliphatic heterocycles. The second kappa shape index (κ2) is 15.8. The van der Waals surface area contributed by atoms with Gasteiger partial charge in [0.15, 0.2) is 11.6 Å². The van der Waals surface area contributed by atoms with Crippen molar-refractivity contribution in [1.82, 2.24) is 9.97 Å². The van der Waals surface area contributed by atoms with E-state index in [0.717, 1.165) is 56.0 Å². The van der Waals surface area contributed by atoms with E-state index >= 15 is 0 Å². The first-order valence-corrected chi connectivity index (χ1v) is 12.0. The molecule has 0 saturated carbocycles. The number of benzene rings is 1. The Labute approximate surface area is 183 Å². The van der Waals surface area contributed by atoms with Crippen molar-refractivity contribution in [2.45, 2.75) is 84.5 Å². The maximum absolute atomic E-state index is 5.74. The van der Waals surface area contributed by atoms with Crippen LogP contribution in [-0.2, 0) is 11.2 Å². The predicted octanol–water partition coefficient (Wildman–Crippen LogP) is 7.02. The van der Waals surface area contributed by atoms with Crippen LogP contribution in [0.15, 0.2) is 36.7 Å². The lowest BCUT2D eigenvalue weighted by molar-refractivity contribution is 0.141. The first-order chi connectivity index (χ1) is 14.8. The number of ether oxygens (including phenoxy) is 2. The van der Waals surface area contributed by atoms with E-state index in [1.54, 1.807) is 12.4 Å². The SMILES string of the molecule is CCCCCCCCCc1ccc(-c2ncc(OCCCCCOCC)cn2)cc1. The van der Waals surface area contributed by atoms with Crippen LogP contribution in [-0.4, -0.2) is 29.8 Å². The Morgan fingerprint density at radius 3 is 2.03 bits per heavy atom. The van der Waals surface area contributed by atoms with Gasteiger partial charge in [-0.05, 0) is 44.6 Å². The molecule has 0 amide bonds. The van der Waals surface area contributed by atoms with E-state index in [4.69, 9.17) is 9.47 Å². The third-order valence-corrected chi connectivity index (χ3v) is 5.32. The van der Waals surface area contributed by atoms with Crippen LogP contribution in [0.1, 0.15) is 83.6 Å². The summed E-state index contributed by atoms with van der Waals surface area (Å²) in [6.07, 6.45) is 17.4. The second-order valence-electron chi connectivity index (χ2n) is 7.92. The number of hydrogen-bond donors (Lipinski definition) is 0. The standard InChI is InChI=1S/C26H40N2O2/c1-3-5-6-7-8-9-11-14-23-15-17-24(18-16-23)26-27-21-25(22-28-26)30-20-13-10-12-19-29-4-2/h15-18,21-22H,3-14,19-20H2,1-2H3. The fraction of sp³-hybridized carbons (Fsp3) is 0.615. The van der Waals surface area contributed by atoms with Crippen LogP contribution in [0.5, 0.6) is 5.75 Å². The highest BCUT2D eigenvalue weighted by Gasteiger charge is 2.03. The lowest BCUT2D eigenvalue weighted by Crippen LogP contribution is -2.00. The summed E-state index contributed by atoms with van der Waals surface area (Å²) < 4.78 is 11.1. The van der Waals surface area contributed by atoms with Gasteiger partial charge in [-0.15, -0.1) is 0 Å². The molecule has 4 heteroatoms. The predicted molar refractivity (Wildman–Crippen MR) is 125 cm³/mol. The van der Waals surface area contributed by atoms with Gasteiger partial charge >= 0.3 is 0 Å². The molecule has 1 heterocycles. The molecule has 1 aromatic heterocycles. The van der Waals surface area contributed by atoms with Gasteiger partial charge in [-0.1, -0.05) is 69.7 Å².